The molecule has 1 heterocycles. The zero-order valence-corrected chi connectivity index (χ0v) is 22.9. The molecule has 0 aromatic rings. The molecule has 0 unspecified atom stereocenters. The van der Waals surface area contributed by atoms with E-state index in [0.29, 0.717) is 0 Å². The van der Waals surface area contributed by atoms with Gasteiger partial charge in [0.2, 0.25) is 0 Å². The minimum absolute atomic E-state index is 0.0171. The predicted molar refractivity (Wildman–Crippen MR) is 129 cm³/mol. The Bertz CT molecular complexity index is 730. The van der Waals surface area contributed by atoms with Crippen LogP contribution in [0.5, 0.6) is 0 Å². The van der Waals surface area contributed by atoms with Crippen molar-refractivity contribution in [2.45, 2.75) is 112 Å². The van der Waals surface area contributed by atoms with E-state index in [2.05, 4.69) is 0 Å². The summed E-state index contributed by atoms with van der Waals surface area (Å²) in [7, 11) is 0. The Morgan fingerprint density at radius 3 is 1.39 bits per heavy atom. The number of carbonyl (C=O) groups is 4. The summed E-state index contributed by atoms with van der Waals surface area (Å²) >= 11 is 0. The lowest BCUT2D eigenvalue weighted by Gasteiger charge is -2.43. The summed E-state index contributed by atoms with van der Waals surface area (Å²) < 4.78 is 27.7. The Morgan fingerprint density at radius 1 is 0.611 bits per heavy atom. The Labute approximate surface area is 214 Å². The first kappa shape index (κ1) is 31.8. The average Bonchev–Trinajstić information content (AvgIpc) is 2.69. The lowest BCUT2D eigenvalue weighted by Crippen LogP contribution is -2.62. The number of hydrogen-bond acceptors (Lipinski definition) is 10. The molecule has 0 saturated carbocycles. The van der Waals surface area contributed by atoms with Crippen LogP contribution in [0.15, 0.2) is 0 Å². The van der Waals surface area contributed by atoms with Gasteiger partial charge >= 0.3 is 23.9 Å². The van der Waals surface area contributed by atoms with Crippen LogP contribution >= 0.6 is 0 Å². The smallest absolute Gasteiger partial charge is 0.306 e. The van der Waals surface area contributed by atoms with Crippen molar-refractivity contribution in [1.29, 1.82) is 0 Å². The molecule has 36 heavy (non-hydrogen) atoms. The predicted octanol–water partition coefficient (Wildman–Crippen LogP) is 3.17. The number of aliphatic hydroxyl groups is 1. The number of ether oxygens (including phenoxy) is 5. The molecule has 1 N–H and O–H groups in total. The summed E-state index contributed by atoms with van der Waals surface area (Å²) in [5, 5.41) is 10.7. The highest BCUT2D eigenvalue weighted by Gasteiger charge is 2.52. The van der Waals surface area contributed by atoms with Crippen molar-refractivity contribution in [3.8, 4) is 0 Å². The fourth-order valence-corrected chi connectivity index (χ4v) is 3.60. The number of rotatable bonds is 13. The van der Waals surface area contributed by atoms with Crippen LogP contribution in [0.2, 0.25) is 0 Å². The van der Waals surface area contributed by atoms with Crippen LogP contribution in [-0.2, 0) is 42.9 Å². The van der Waals surface area contributed by atoms with E-state index < -0.39 is 54.6 Å². The van der Waals surface area contributed by atoms with Gasteiger partial charge in [-0.1, -0.05) is 55.4 Å². The van der Waals surface area contributed by atoms with Crippen molar-refractivity contribution in [2.24, 2.45) is 23.7 Å². The normalized spacial score (nSPS) is 24.2. The summed E-state index contributed by atoms with van der Waals surface area (Å²) in [6.07, 6.45) is -6.58. The molecular formula is C26H44O10. The van der Waals surface area contributed by atoms with E-state index in [4.69, 9.17) is 23.7 Å². The molecule has 1 aliphatic rings. The summed E-state index contributed by atoms with van der Waals surface area (Å²) in [4.78, 5) is 49.8. The van der Waals surface area contributed by atoms with Crippen molar-refractivity contribution in [3.63, 3.8) is 0 Å². The van der Waals surface area contributed by atoms with E-state index >= 15 is 0 Å². The summed E-state index contributed by atoms with van der Waals surface area (Å²) in [6.45, 7) is 14.4. The van der Waals surface area contributed by atoms with Crippen LogP contribution in [0.3, 0.4) is 0 Å². The van der Waals surface area contributed by atoms with Crippen LogP contribution in [0.25, 0.3) is 0 Å². The number of hydrogen-bond donors (Lipinski definition) is 1. The maximum absolute atomic E-state index is 12.6. The van der Waals surface area contributed by atoms with E-state index in [0.717, 1.165) is 0 Å². The largest absolute Gasteiger partial charge is 0.463 e. The molecule has 0 radical (unpaired) electrons. The highest BCUT2D eigenvalue weighted by Crippen LogP contribution is 2.29. The molecule has 0 spiro atoms. The first-order valence-corrected chi connectivity index (χ1v) is 12.8. The van der Waals surface area contributed by atoms with Crippen LogP contribution in [-0.4, -0.2) is 66.3 Å². The molecule has 1 rings (SSSR count). The van der Waals surface area contributed by atoms with Gasteiger partial charge in [-0.05, 0) is 23.7 Å². The van der Waals surface area contributed by atoms with Gasteiger partial charge in [0.15, 0.2) is 24.6 Å². The molecule has 0 bridgehead atoms. The Kier molecular flexibility index (Phi) is 13.4. The molecule has 0 aromatic carbocycles. The maximum Gasteiger partial charge on any atom is 0.306 e. The van der Waals surface area contributed by atoms with Crippen molar-refractivity contribution in [1.82, 2.24) is 0 Å². The summed E-state index contributed by atoms with van der Waals surface area (Å²) in [5.41, 5.74) is 0. The average molecular weight is 517 g/mol. The van der Waals surface area contributed by atoms with Gasteiger partial charge in [-0.15, -0.1) is 0 Å². The van der Waals surface area contributed by atoms with Gasteiger partial charge in [0.25, 0.3) is 0 Å². The Balaban J connectivity index is 3.28. The molecular weight excluding hydrogens is 472 g/mol. The lowest BCUT2D eigenvalue weighted by atomic mass is 9.97. The number of esters is 4. The fraction of sp³-hybridized carbons (Fsp3) is 0.846. The lowest BCUT2D eigenvalue weighted by molar-refractivity contribution is -0.297. The zero-order chi connectivity index (χ0) is 27.6. The van der Waals surface area contributed by atoms with Crippen molar-refractivity contribution in [2.75, 3.05) is 6.61 Å². The maximum atomic E-state index is 12.6. The third-order valence-electron chi connectivity index (χ3n) is 5.12. The monoisotopic (exact) mass is 516 g/mol. The highest BCUT2D eigenvalue weighted by molar-refractivity contribution is 5.72. The second kappa shape index (κ2) is 15.1. The molecule has 10 nitrogen and oxygen atoms in total. The van der Waals surface area contributed by atoms with Crippen molar-refractivity contribution in [3.05, 3.63) is 0 Å². The van der Waals surface area contributed by atoms with Gasteiger partial charge in [-0.25, -0.2) is 0 Å². The van der Waals surface area contributed by atoms with Gasteiger partial charge in [0.05, 0.1) is 0 Å². The molecule has 0 amide bonds. The topological polar surface area (TPSA) is 135 Å². The van der Waals surface area contributed by atoms with Gasteiger partial charge in [-0.2, -0.15) is 0 Å². The van der Waals surface area contributed by atoms with E-state index in [1.807, 2.05) is 55.4 Å². The van der Waals surface area contributed by atoms with Crippen molar-refractivity contribution >= 4 is 23.9 Å². The van der Waals surface area contributed by atoms with Crippen LogP contribution in [0.1, 0.15) is 81.1 Å². The third-order valence-corrected chi connectivity index (χ3v) is 5.12. The number of aliphatic hydroxyl groups excluding tert-OH is 1. The van der Waals surface area contributed by atoms with Gasteiger partial charge in [-0.3, -0.25) is 19.2 Å². The Hall–Kier alpha value is -2.20. The van der Waals surface area contributed by atoms with Gasteiger partial charge < -0.3 is 28.8 Å². The van der Waals surface area contributed by atoms with Crippen LogP contribution in [0, 0.1) is 23.7 Å². The summed E-state index contributed by atoms with van der Waals surface area (Å²) in [6, 6.07) is 0. The van der Waals surface area contributed by atoms with Gasteiger partial charge in [0.1, 0.15) is 12.7 Å². The molecule has 1 aliphatic heterocycles. The van der Waals surface area contributed by atoms with Crippen LogP contribution < -0.4 is 0 Å². The second-order valence-corrected chi connectivity index (χ2v) is 11.0. The molecule has 5 atom stereocenters. The van der Waals surface area contributed by atoms with E-state index in [-0.39, 0.29) is 56.0 Å². The highest BCUT2D eigenvalue weighted by atomic mass is 16.7. The molecule has 1 fully saturated rings. The Morgan fingerprint density at radius 2 is 0.972 bits per heavy atom. The molecule has 1 saturated heterocycles. The minimum atomic E-state index is -1.70. The molecule has 0 aromatic heterocycles. The SMILES string of the molecule is CC(C)CC(=O)OC[C@H]1O[C@H](O)[C@@H](OC(=O)CC(C)C)[C@@H](OC(=O)CC(C)C)[C@@H]1OC(=O)CC(C)C. The third kappa shape index (κ3) is 11.7. The minimum Gasteiger partial charge on any atom is -0.463 e. The fourth-order valence-electron chi connectivity index (χ4n) is 3.60. The second-order valence-electron chi connectivity index (χ2n) is 11.0. The van der Waals surface area contributed by atoms with Crippen molar-refractivity contribution < 1.29 is 48.0 Å². The standard InChI is InChI=1S/C26H44O10/c1-14(2)9-19(27)32-13-18-23(34-20(28)10-15(3)4)24(35-21(29)11-16(5)6)25(26(31)33-18)36-22(30)12-17(7)8/h14-18,23-26,31H,9-13H2,1-8H3/t18-,23-,24+,25+,26+/m1/s1. The van der Waals surface area contributed by atoms with Gasteiger partial charge in [0, 0.05) is 25.7 Å². The quantitative estimate of drug-likeness (QED) is 0.287. The summed E-state index contributed by atoms with van der Waals surface area (Å²) in [5.74, 6) is -2.33. The molecule has 10 heteroatoms. The first-order chi connectivity index (χ1) is 16.7. The van der Waals surface area contributed by atoms with E-state index in [9.17, 15) is 24.3 Å². The zero-order valence-electron chi connectivity index (χ0n) is 22.9. The molecule has 0 aliphatic carbocycles. The molecule has 208 valence electrons. The number of carbonyl (C=O) groups excluding carboxylic acids is 4. The van der Waals surface area contributed by atoms with E-state index in [1.54, 1.807) is 0 Å². The van der Waals surface area contributed by atoms with Crippen LogP contribution in [0.4, 0.5) is 0 Å². The van der Waals surface area contributed by atoms with E-state index in [1.165, 1.54) is 0 Å². The first-order valence-electron chi connectivity index (χ1n) is 12.8.